The van der Waals surface area contributed by atoms with E-state index >= 15 is 0 Å². The van der Waals surface area contributed by atoms with Gasteiger partial charge in [-0.3, -0.25) is 0 Å². The zero-order valence-electron chi connectivity index (χ0n) is 10.1. The van der Waals surface area contributed by atoms with Crippen LogP contribution in [0.25, 0.3) is 0 Å². The van der Waals surface area contributed by atoms with Crippen LogP contribution in [0.15, 0.2) is 58.3 Å². The predicted octanol–water partition coefficient (Wildman–Crippen LogP) is 5.70. The lowest BCUT2D eigenvalue weighted by Crippen LogP contribution is -1.95. The maximum absolute atomic E-state index is 5.42. The summed E-state index contributed by atoms with van der Waals surface area (Å²) in [6.45, 7) is 0. The van der Waals surface area contributed by atoms with Gasteiger partial charge in [0.15, 0.2) is 0 Å². The van der Waals surface area contributed by atoms with Crippen LogP contribution < -0.4 is 0 Å². The van der Waals surface area contributed by atoms with Gasteiger partial charge in [-0.05, 0) is 33.7 Å². The average Bonchev–Trinajstić information content (AvgIpc) is 2.45. The Kier molecular flexibility index (Phi) is 6.45. The monoisotopic (exact) mass is 370 g/mol. The van der Waals surface area contributed by atoms with Crippen LogP contribution >= 0.6 is 71.3 Å². The molecule has 0 nitrogen and oxygen atoms in total. The molecule has 0 N–H and O–H groups in total. The van der Waals surface area contributed by atoms with Crippen molar-refractivity contribution in [2.45, 2.75) is 9.79 Å². The summed E-state index contributed by atoms with van der Waals surface area (Å²) in [4.78, 5) is 1.76. The van der Waals surface area contributed by atoms with Crippen LogP contribution in [0.3, 0.4) is 0 Å². The summed E-state index contributed by atoms with van der Waals surface area (Å²) in [6.07, 6.45) is 0. The number of hydrogen-bond donors (Lipinski definition) is 2. The second kappa shape index (κ2) is 7.87. The highest BCUT2D eigenvalue weighted by Gasteiger charge is 2.10. The van der Waals surface area contributed by atoms with Crippen molar-refractivity contribution in [1.82, 2.24) is 0 Å². The van der Waals surface area contributed by atoms with Gasteiger partial charge in [-0.15, -0.1) is 25.3 Å². The van der Waals surface area contributed by atoms with E-state index in [-0.39, 0.29) is 0 Å². The molecule has 0 unspecified atom stereocenters. The fraction of sp³-hybridized carbons (Fsp3) is 0. The molecular formula is C14H10S6. The first-order chi connectivity index (χ1) is 9.59. The van der Waals surface area contributed by atoms with E-state index in [4.69, 9.17) is 24.4 Å². The zero-order valence-corrected chi connectivity index (χ0v) is 15.2. The molecule has 0 aliphatic heterocycles. The standard InChI is InChI=1S/C14H10S6/c15-11-7-3-1-5-9(11)13(17)19-20-14(18)10-6-2-4-8-12(10)16/h1-8,15-16H. The Morgan fingerprint density at radius 2 is 1.05 bits per heavy atom. The summed E-state index contributed by atoms with van der Waals surface area (Å²) in [5.41, 5.74) is 1.93. The zero-order chi connectivity index (χ0) is 14.5. The van der Waals surface area contributed by atoms with Gasteiger partial charge < -0.3 is 0 Å². The number of benzene rings is 2. The van der Waals surface area contributed by atoms with Crippen molar-refractivity contribution in [3.05, 3.63) is 59.7 Å². The van der Waals surface area contributed by atoms with E-state index in [2.05, 4.69) is 25.3 Å². The molecule has 0 fully saturated rings. The van der Waals surface area contributed by atoms with E-state index in [9.17, 15) is 0 Å². The van der Waals surface area contributed by atoms with Gasteiger partial charge in [-0.25, -0.2) is 0 Å². The second-order valence-corrected chi connectivity index (χ2v) is 8.22. The van der Waals surface area contributed by atoms with Gasteiger partial charge in [-0.1, -0.05) is 60.8 Å². The molecule has 0 atom stereocenters. The van der Waals surface area contributed by atoms with Crippen LogP contribution in [0.4, 0.5) is 0 Å². The topological polar surface area (TPSA) is 0 Å². The Morgan fingerprint density at radius 3 is 1.40 bits per heavy atom. The number of rotatable bonds is 2. The third kappa shape index (κ3) is 4.26. The van der Waals surface area contributed by atoms with Crippen molar-refractivity contribution in [2.24, 2.45) is 0 Å². The molecule has 2 aromatic carbocycles. The minimum atomic E-state index is 0.777. The smallest absolute Gasteiger partial charge is 0.0900 e. The van der Waals surface area contributed by atoms with Crippen molar-refractivity contribution in [1.29, 1.82) is 0 Å². The summed E-state index contributed by atoms with van der Waals surface area (Å²) in [6, 6.07) is 15.6. The normalized spacial score (nSPS) is 10.3. The van der Waals surface area contributed by atoms with Crippen molar-refractivity contribution in [3.63, 3.8) is 0 Å². The summed E-state index contributed by atoms with van der Waals surface area (Å²) in [7, 11) is 2.96. The lowest BCUT2D eigenvalue weighted by Gasteiger charge is -2.08. The first-order valence-corrected chi connectivity index (χ1v) is 9.45. The largest absolute Gasteiger partial charge is 0.143 e. The van der Waals surface area contributed by atoms with E-state index in [1.54, 1.807) is 0 Å². The van der Waals surface area contributed by atoms with Crippen LogP contribution in [-0.2, 0) is 0 Å². The van der Waals surface area contributed by atoms with E-state index in [0.717, 1.165) is 29.3 Å². The lowest BCUT2D eigenvalue weighted by molar-refractivity contribution is 1.45. The molecule has 0 saturated heterocycles. The molecule has 0 aromatic heterocycles. The van der Waals surface area contributed by atoms with E-state index < -0.39 is 0 Å². The molecule has 0 saturated carbocycles. The first-order valence-electron chi connectivity index (χ1n) is 5.59. The highest BCUT2D eigenvalue weighted by atomic mass is 33.1. The Labute approximate surface area is 148 Å². The number of thiocarbonyl (C=S) groups is 2. The molecule has 0 heterocycles. The van der Waals surface area contributed by atoms with Crippen molar-refractivity contribution in [2.75, 3.05) is 0 Å². The minimum absolute atomic E-state index is 0.777. The number of hydrogen-bond acceptors (Lipinski definition) is 6. The molecule has 0 spiro atoms. The van der Waals surface area contributed by atoms with Crippen molar-refractivity contribution in [3.8, 4) is 0 Å². The quantitative estimate of drug-likeness (QED) is 0.395. The van der Waals surface area contributed by atoms with E-state index in [0.29, 0.717) is 0 Å². The minimum Gasteiger partial charge on any atom is -0.143 e. The van der Waals surface area contributed by atoms with Crippen molar-refractivity contribution < 1.29 is 0 Å². The third-order valence-electron chi connectivity index (χ3n) is 2.44. The molecular weight excluding hydrogens is 361 g/mol. The summed E-state index contributed by atoms with van der Waals surface area (Å²) < 4.78 is 1.55. The van der Waals surface area contributed by atoms with Gasteiger partial charge in [-0.2, -0.15) is 0 Å². The van der Waals surface area contributed by atoms with Crippen molar-refractivity contribution >= 4 is 79.7 Å². The summed E-state index contributed by atoms with van der Waals surface area (Å²) >= 11 is 19.7. The summed E-state index contributed by atoms with van der Waals surface area (Å²) in [5, 5.41) is 0. The Morgan fingerprint density at radius 1 is 0.700 bits per heavy atom. The SMILES string of the molecule is S=C(SSC(=S)c1ccccc1S)c1ccccc1S. The Bertz CT molecular complexity index is 592. The van der Waals surface area contributed by atoms with Crippen LogP contribution in [-0.4, -0.2) is 8.39 Å². The van der Waals surface area contributed by atoms with Gasteiger partial charge in [0.1, 0.15) is 0 Å². The molecule has 2 aromatic rings. The first kappa shape index (κ1) is 16.4. The molecule has 20 heavy (non-hydrogen) atoms. The van der Waals surface area contributed by atoms with Crippen LogP contribution in [0.1, 0.15) is 11.1 Å². The molecule has 2 rings (SSSR count). The van der Waals surface area contributed by atoms with Crippen LogP contribution in [0.5, 0.6) is 0 Å². The molecule has 102 valence electrons. The molecule has 0 aliphatic rings. The predicted molar refractivity (Wildman–Crippen MR) is 106 cm³/mol. The summed E-state index contributed by atoms with van der Waals surface area (Å²) in [5.74, 6) is 0. The Balaban J connectivity index is 2.03. The van der Waals surface area contributed by atoms with Gasteiger partial charge in [0.2, 0.25) is 0 Å². The molecule has 0 radical (unpaired) electrons. The number of thiol groups is 2. The van der Waals surface area contributed by atoms with Crippen LogP contribution in [0, 0.1) is 0 Å². The fourth-order valence-corrected chi connectivity index (χ4v) is 4.95. The van der Waals surface area contributed by atoms with E-state index in [1.165, 1.54) is 21.6 Å². The maximum atomic E-state index is 5.42. The third-order valence-corrected chi connectivity index (χ3v) is 6.87. The lowest BCUT2D eigenvalue weighted by atomic mass is 10.2. The maximum Gasteiger partial charge on any atom is 0.0900 e. The van der Waals surface area contributed by atoms with Gasteiger partial charge in [0.05, 0.1) is 8.39 Å². The van der Waals surface area contributed by atoms with Gasteiger partial charge in [0.25, 0.3) is 0 Å². The Hall–Kier alpha value is 0.0200. The fourth-order valence-electron chi connectivity index (χ4n) is 1.46. The van der Waals surface area contributed by atoms with Gasteiger partial charge >= 0.3 is 0 Å². The second-order valence-electron chi connectivity index (χ2n) is 3.78. The molecule has 0 aliphatic carbocycles. The molecule has 0 amide bonds. The molecule has 0 bridgehead atoms. The van der Waals surface area contributed by atoms with E-state index in [1.807, 2.05) is 48.5 Å². The molecule has 6 heteroatoms. The highest BCUT2D eigenvalue weighted by molar-refractivity contribution is 8.90. The van der Waals surface area contributed by atoms with Gasteiger partial charge in [0, 0.05) is 20.9 Å². The highest BCUT2D eigenvalue weighted by Crippen LogP contribution is 2.34. The average molecular weight is 371 g/mol. The van der Waals surface area contributed by atoms with Crippen LogP contribution in [0.2, 0.25) is 0 Å².